The van der Waals surface area contributed by atoms with Crippen molar-refractivity contribution in [3.05, 3.63) is 34.9 Å². The van der Waals surface area contributed by atoms with E-state index in [1.54, 1.807) is 6.07 Å². The van der Waals surface area contributed by atoms with Crippen LogP contribution in [0.2, 0.25) is 5.02 Å². The van der Waals surface area contributed by atoms with Gasteiger partial charge in [0.15, 0.2) is 5.17 Å². The Morgan fingerprint density at radius 2 is 2.20 bits per heavy atom. The summed E-state index contributed by atoms with van der Waals surface area (Å²) in [6.07, 6.45) is 0.568. The summed E-state index contributed by atoms with van der Waals surface area (Å²) >= 11 is 7.23. The molecular formula is C10H9ClN2OS. The lowest BCUT2D eigenvalue weighted by atomic mass is 10.1. The topological polar surface area (TPSA) is 53.0 Å². The van der Waals surface area contributed by atoms with Crippen molar-refractivity contribution in [3.63, 3.8) is 0 Å². The van der Waals surface area contributed by atoms with E-state index in [1.165, 1.54) is 11.8 Å². The molecule has 1 atom stereocenters. The minimum absolute atomic E-state index is 0.107. The van der Waals surface area contributed by atoms with Crippen molar-refractivity contribution in [2.75, 3.05) is 0 Å². The molecule has 1 heterocycles. The van der Waals surface area contributed by atoms with Crippen LogP contribution in [-0.2, 0) is 11.2 Å². The number of benzene rings is 1. The van der Waals surface area contributed by atoms with Crippen LogP contribution >= 0.6 is 23.4 Å². The molecule has 0 radical (unpaired) electrons. The monoisotopic (exact) mass is 240 g/mol. The highest BCUT2D eigenvalue weighted by atomic mass is 35.5. The third-order valence-corrected chi connectivity index (χ3v) is 3.52. The SMILES string of the molecule is N=C1NC(=O)C(Cc2ccccc2Cl)S1. The van der Waals surface area contributed by atoms with Crippen LogP contribution in [-0.4, -0.2) is 16.3 Å². The highest BCUT2D eigenvalue weighted by Crippen LogP contribution is 2.25. The molecule has 1 aliphatic rings. The lowest BCUT2D eigenvalue weighted by Gasteiger charge is -2.06. The zero-order valence-corrected chi connectivity index (χ0v) is 9.36. The Morgan fingerprint density at radius 3 is 2.80 bits per heavy atom. The molecule has 0 saturated carbocycles. The first-order chi connectivity index (χ1) is 7.16. The lowest BCUT2D eigenvalue weighted by molar-refractivity contribution is -0.118. The molecule has 0 aliphatic carbocycles. The molecule has 2 N–H and O–H groups in total. The molecule has 1 amide bonds. The predicted octanol–water partition coefficient (Wildman–Crippen LogP) is 2.05. The molecule has 0 aromatic heterocycles. The smallest absolute Gasteiger partial charge is 0.239 e. The average Bonchev–Trinajstić information content (AvgIpc) is 2.49. The summed E-state index contributed by atoms with van der Waals surface area (Å²) in [6.45, 7) is 0. The Balaban J connectivity index is 2.13. The normalized spacial score (nSPS) is 20.5. The molecule has 1 aromatic rings. The van der Waals surface area contributed by atoms with E-state index in [1.807, 2.05) is 18.2 Å². The van der Waals surface area contributed by atoms with Gasteiger partial charge >= 0.3 is 0 Å². The van der Waals surface area contributed by atoms with E-state index in [-0.39, 0.29) is 16.3 Å². The van der Waals surface area contributed by atoms with Crippen molar-refractivity contribution in [2.24, 2.45) is 0 Å². The van der Waals surface area contributed by atoms with Gasteiger partial charge in [0.25, 0.3) is 0 Å². The van der Waals surface area contributed by atoms with Gasteiger partial charge in [0, 0.05) is 5.02 Å². The van der Waals surface area contributed by atoms with Gasteiger partial charge in [-0.15, -0.1) is 0 Å². The number of thioether (sulfide) groups is 1. The molecule has 1 unspecified atom stereocenters. The van der Waals surface area contributed by atoms with Crippen LogP contribution in [0, 0.1) is 5.41 Å². The molecule has 78 valence electrons. The Morgan fingerprint density at radius 1 is 1.47 bits per heavy atom. The van der Waals surface area contributed by atoms with Gasteiger partial charge in [0.1, 0.15) is 0 Å². The van der Waals surface area contributed by atoms with Crippen LogP contribution in [0.3, 0.4) is 0 Å². The second-order valence-corrected chi connectivity index (χ2v) is 4.84. The maximum absolute atomic E-state index is 11.4. The maximum atomic E-state index is 11.4. The first-order valence-corrected chi connectivity index (χ1v) is 5.72. The second-order valence-electron chi connectivity index (χ2n) is 3.22. The minimum Gasteiger partial charge on any atom is -0.305 e. The van der Waals surface area contributed by atoms with E-state index < -0.39 is 0 Å². The zero-order valence-electron chi connectivity index (χ0n) is 7.79. The van der Waals surface area contributed by atoms with Gasteiger partial charge in [0.2, 0.25) is 5.91 Å². The summed E-state index contributed by atoms with van der Waals surface area (Å²) in [5, 5.41) is 10.5. The summed E-state index contributed by atoms with van der Waals surface area (Å²) < 4.78 is 0. The Labute approximate surface area is 96.7 Å². The Hall–Kier alpha value is -1.000. The van der Waals surface area contributed by atoms with E-state index in [0.717, 1.165) is 5.56 Å². The summed E-state index contributed by atoms with van der Waals surface area (Å²) in [6, 6.07) is 7.46. The number of hydrogen-bond acceptors (Lipinski definition) is 3. The summed E-state index contributed by atoms with van der Waals surface area (Å²) in [5.41, 5.74) is 0.946. The lowest BCUT2D eigenvalue weighted by Crippen LogP contribution is -2.25. The molecule has 1 fully saturated rings. The van der Waals surface area contributed by atoms with Crippen LogP contribution in [0.4, 0.5) is 0 Å². The van der Waals surface area contributed by atoms with Crippen LogP contribution in [0.1, 0.15) is 5.56 Å². The number of amides is 1. The van der Waals surface area contributed by atoms with Crippen molar-refractivity contribution >= 4 is 34.4 Å². The number of carbonyl (C=O) groups excluding carboxylic acids is 1. The fourth-order valence-electron chi connectivity index (χ4n) is 1.42. The quantitative estimate of drug-likeness (QED) is 0.831. The van der Waals surface area contributed by atoms with Crippen LogP contribution in [0.25, 0.3) is 0 Å². The Bertz CT molecular complexity index is 422. The largest absolute Gasteiger partial charge is 0.305 e. The van der Waals surface area contributed by atoms with Gasteiger partial charge in [-0.1, -0.05) is 41.6 Å². The minimum atomic E-state index is -0.225. The molecule has 0 bridgehead atoms. The predicted molar refractivity (Wildman–Crippen MR) is 62.4 cm³/mol. The molecule has 2 rings (SSSR count). The first-order valence-electron chi connectivity index (χ1n) is 4.46. The van der Waals surface area contributed by atoms with Gasteiger partial charge in [-0.05, 0) is 18.1 Å². The van der Waals surface area contributed by atoms with Crippen molar-refractivity contribution in [1.29, 1.82) is 5.41 Å². The highest BCUT2D eigenvalue weighted by Gasteiger charge is 2.29. The number of carbonyl (C=O) groups is 1. The van der Waals surface area contributed by atoms with Crippen molar-refractivity contribution in [1.82, 2.24) is 5.32 Å². The molecule has 1 saturated heterocycles. The molecular weight excluding hydrogens is 232 g/mol. The number of amidine groups is 1. The average molecular weight is 241 g/mol. The van der Waals surface area contributed by atoms with Gasteiger partial charge in [0.05, 0.1) is 5.25 Å². The molecule has 5 heteroatoms. The molecule has 1 aliphatic heterocycles. The molecule has 1 aromatic carbocycles. The number of hydrogen-bond donors (Lipinski definition) is 2. The molecule has 15 heavy (non-hydrogen) atoms. The first kappa shape index (κ1) is 10.5. The van der Waals surface area contributed by atoms with Gasteiger partial charge in [-0.2, -0.15) is 0 Å². The van der Waals surface area contributed by atoms with Gasteiger partial charge in [-0.25, -0.2) is 0 Å². The van der Waals surface area contributed by atoms with E-state index >= 15 is 0 Å². The summed E-state index contributed by atoms with van der Waals surface area (Å²) in [4.78, 5) is 11.4. The van der Waals surface area contributed by atoms with Crippen molar-refractivity contribution < 1.29 is 4.79 Å². The fourth-order valence-corrected chi connectivity index (χ4v) is 2.50. The van der Waals surface area contributed by atoms with Gasteiger partial charge in [-0.3, -0.25) is 10.2 Å². The summed E-state index contributed by atoms with van der Waals surface area (Å²) in [7, 11) is 0. The standard InChI is InChI=1S/C10H9ClN2OS/c11-7-4-2-1-3-6(7)5-8-9(14)13-10(12)15-8/h1-4,8H,5H2,(H2,12,13,14). The zero-order chi connectivity index (χ0) is 10.8. The van der Waals surface area contributed by atoms with Crippen molar-refractivity contribution in [2.45, 2.75) is 11.7 Å². The second kappa shape index (κ2) is 4.24. The maximum Gasteiger partial charge on any atom is 0.239 e. The van der Waals surface area contributed by atoms with Crippen molar-refractivity contribution in [3.8, 4) is 0 Å². The number of halogens is 1. The van der Waals surface area contributed by atoms with Crippen LogP contribution in [0.15, 0.2) is 24.3 Å². The van der Waals surface area contributed by atoms with Crippen LogP contribution < -0.4 is 5.32 Å². The third kappa shape index (κ3) is 2.33. The fraction of sp³-hybridized carbons (Fsp3) is 0.200. The van der Waals surface area contributed by atoms with E-state index in [0.29, 0.717) is 11.4 Å². The Kier molecular flexibility index (Phi) is 2.98. The summed E-state index contributed by atoms with van der Waals surface area (Å²) in [5.74, 6) is -0.107. The molecule has 0 spiro atoms. The number of rotatable bonds is 2. The number of nitrogens with one attached hydrogen (secondary N) is 2. The van der Waals surface area contributed by atoms with Gasteiger partial charge < -0.3 is 5.32 Å². The molecule has 3 nitrogen and oxygen atoms in total. The highest BCUT2D eigenvalue weighted by molar-refractivity contribution is 8.15. The van der Waals surface area contributed by atoms with Crippen LogP contribution in [0.5, 0.6) is 0 Å². The third-order valence-electron chi connectivity index (χ3n) is 2.15. The van der Waals surface area contributed by atoms with E-state index in [2.05, 4.69) is 5.32 Å². The van der Waals surface area contributed by atoms with E-state index in [9.17, 15) is 4.79 Å². The van der Waals surface area contributed by atoms with E-state index in [4.69, 9.17) is 17.0 Å².